The van der Waals surface area contributed by atoms with Gasteiger partial charge in [-0.05, 0) is 53.1 Å². The van der Waals surface area contributed by atoms with Crippen LogP contribution >= 0.6 is 0 Å². The van der Waals surface area contributed by atoms with E-state index in [-0.39, 0.29) is 48.0 Å². The van der Waals surface area contributed by atoms with E-state index in [4.69, 9.17) is 18.1 Å². The summed E-state index contributed by atoms with van der Waals surface area (Å²) in [5.74, 6) is -1.22. The van der Waals surface area contributed by atoms with Crippen molar-refractivity contribution in [3.8, 4) is 0 Å². The van der Waals surface area contributed by atoms with Crippen LogP contribution in [0.4, 0.5) is 0 Å². The van der Waals surface area contributed by atoms with Crippen molar-refractivity contribution < 1.29 is 46.7 Å². The number of aliphatic hydroxyl groups is 3. The highest BCUT2D eigenvalue weighted by Crippen LogP contribution is 2.07. The predicted octanol–water partition coefficient (Wildman–Crippen LogP) is 4.80. The molecule has 3 aromatic rings. The standard InChI is InChI=1S/C10H10O4.C9H10O3.C8H10O2.3CH4/c1-13-9(11)7-3-5-8(6-4-7)10(12)14-2;1-12-9(11)8-4-2-7(6-10)3-5-8;9-5-7-1-2-8(6-10)4-3-7;;;/h3-6H,1-2H3;2-5,10H,6H2,1H3;1-4,9-10H,5-6H2;3*1H4/i;;;1TD;;. The van der Waals surface area contributed by atoms with Crippen molar-refractivity contribution in [1.82, 2.24) is 0 Å². The fourth-order valence-corrected chi connectivity index (χ4v) is 2.59. The Morgan fingerprint density at radius 2 is 0.769 bits per heavy atom. The van der Waals surface area contributed by atoms with E-state index in [9.17, 15) is 14.4 Å². The molecule has 3 aromatic carbocycles. The van der Waals surface area contributed by atoms with E-state index in [1.165, 1.54) is 45.6 Å². The van der Waals surface area contributed by atoms with E-state index in [0.29, 0.717) is 16.7 Å². The number of methoxy groups -OCH3 is 3. The average molecular weight is 550 g/mol. The van der Waals surface area contributed by atoms with Crippen molar-refractivity contribution in [2.45, 2.75) is 42.1 Å². The van der Waals surface area contributed by atoms with E-state index < -0.39 is 11.9 Å². The van der Waals surface area contributed by atoms with Crippen LogP contribution in [0.1, 0.15) is 72.7 Å². The van der Waals surface area contributed by atoms with Gasteiger partial charge in [0.25, 0.3) is 0 Å². The van der Waals surface area contributed by atoms with Crippen LogP contribution in [0.15, 0.2) is 72.8 Å². The van der Waals surface area contributed by atoms with Crippen molar-refractivity contribution >= 4 is 17.9 Å². The van der Waals surface area contributed by atoms with E-state index >= 15 is 0 Å². The van der Waals surface area contributed by atoms with Gasteiger partial charge in [0.1, 0.15) is 0 Å². The van der Waals surface area contributed by atoms with Crippen LogP contribution in [0, 0.1) is 0 Å². The number of esters is 3. The maximum atomic E-state index is 11.0. The zero-order chi connectivity index (χ0) is 29.6. The Morgan fingerprint density at radius 1 is 0.590 bits per heavy atom. The molecule has 0 aliphatic heterocycles. The minimum absolute atomic E-state index is 0. The average Bonchev–Trinajstić information content (AvgIpc) is 3.01. The Balaban J connectivity index is -0.000000497. The fraction of sp³-hybridized carbons (Fsp3) is 0.300. The molecule has 0 saturated heterocycles. The summed E-state index contributed by atoms with van der Waals surface area (Å²) in [6.45, 7) is 0.110. The van der Waals surface area contributed by atoms with E-state index in [1.807, 2.05) is 0 Å². The van der Waals surface area contributed by atoms with E-state index in [2.05, 4.69) is 14.2 Å². The van der Waals surface area contributed by atoms with Gasteiger partial charge in [-0.15, -0.1) is 0 Å². The molecule has 0 aliphatic rings. The molecule has 0 amide bonds. The zero-order valence-corrected chi connectivity index (χ0v) is 21.0. The van der Waals surface area contributed by atoms with Gasteiger partial charge in [0.2, 0.25) is 0 Å². The first-order valence-corrected chi connectivity index (χ1v) is 10.7. The molecule has 0 spiro atoms. The minimum Gasteiger partial charge on any atom is -0.465 e. The summed E-state index contributed by atoms with van der Waals surface area (Å²) in [4.78, 5) is 33.0. The minimum atomic E-state index is -0.429. The molecule has 9 heteroatoms. The van der Waals surface area contributed by atoms with Crippen LogP contribution in [0.25, 0.3) is 0 Å². The number of carbonyl (C=O) groups is 3. The molecule has 0 unspecified atom stereocenters. The summed E-state index contributed by atoms with van der Waals surface area (Å²) in [6.07, 6.45) is 0. The third-order valence-electron chi connectivity index (χ3n) is 4.67. The number of hydrogen-bond donors (Lipinski definition) is 3. The van der Waals surface area contributed by atoms with Crippen molar-refractivity contribution in [1.29, 1.82) is 0 Å². The van der Waals surface area contributed by atoms with Crippen molar-refractivity contribution in [2.24, 2.45) is 0 Å². The smallest absolute Gasteiger partial charge is 0.337 e. The molecule has 0 atom stereocenters. The molecule has 0 aliphatic carbocycles. The van der Waals surface area contributed by atoms with Crippen LogP contribution in [-0.4, -0.2) is 54.6 Å². The van der Waals surface area contributed by atoms with Gasteiger partial charge in [0.05, 0.1) is 57.8 Å². The number of hydrogen-bond acceptors (Lipinski definition) is 9. The number of rotatable bonds is 6. The molecule has 0 fully saturated rings. The summed E-state index contributed by atoms with van der Waals surface area (Å²) in [5.41, 5.74) is 3.83. The van der Waals surface area contributed by atoms with Gasteiger partial charge >= 0.3 is 17.9 Å². The van der Waals surface area contributed by atoms with E-state index in [0.717, 1.165) is 16.7 Å². The number of carbonyl (C=O) groups excluding carboxylic acids is 3. The lowest BCUT2D eigenvalue weighted by Crippen LogP contribution is -2.04. The van der Waals surface area contributed by atoms with Crippen molar-refractivity contribution in [2.75, 3.05) is 21.3 Å². The third-order valence-corrected chi connectivity index (χ3v) is 4.67. The zero-order valence-electron chi connectivity index (χ0n) is 23.0. The number of benzene rings is 3. The van der Waals surface area contributed by atoms with Gasteiger partial charge in [0.15, 0.2) is 0 Å². The topological polar surface area (TPSA) is 140 Å². The van der Waals surface area contributed by atoms with Crippen LogP contribution < -0.4 is 0 Å². The molecule has 3 rings (SSSR count). The second-order valence-corrected chi connectivity index (χ2v) is 7.04. The lowest BCUT2D eigenvalue weighted by Gasteiger charge is -2.00. The molecular weight excluding hydrogens is 504 g/mol. The molecule has 0 saturated carbocycles. The highest BCUT2D eigenvalue weighted by molar-refractivity contribution is 5.93. The Morgan fingerprint density at radius 3 is 0.949 bits per heavy atom. The number of ether oxygens (including phenoxy) is 3. The molecule has 0 radical (unpaired) electrons. The Bertz CT molecular complexity index is 1040. The third kappa shape index (κ3) is 13.9. The largest absolute Gasteiger partial charge is 0.465 e. The highest BCUT2D eigenvalue weighted by Gasteiger charge is 2.08. The van der Waals surface area contributed by atoms with Gasteiger partial charge in [-0.2, -0.15) is 0 Å². The Labute approximate surface area is 234 Å². The SMILES string of the molecule is C.C.COC(=O)c1ccc(C(=O)OC)cc1.COC(=O)c1ccc(CO)cc1.OCc1ccc(CO)cc1.[2H]C[3H]. The number of aliphatic hydroxyl groups excluding tert-OH is 3. The molecule has 0 aromatic heterocycles. The molecule has 0 heterocycles. The highest BCUT2D eigenvalue weighted by atomic mass is 16.5. The first-order chi connectivity index (χ1) is 18.7. The first-order valence-electron chi connectivity index (χ1n) is 12.1. The molecule has 0 bridgehead atoms. The monoisotopic (exact) mass is 549 g/mol. The summed E-state index contributed by atoms with van der Waals surface area (Å²) in [7, 11) is 3.69. The summed E-state index contributed by atoms with van der Waals surface area (Å²) in [6, 6.07) is 19.9. The van der Waals surface area contributed by atoms with Gasteiger partial charge in [-0.25, -0.2) is 14.4 Å². The second kappa shape index (κ2) is 22.0. The quantitative estimate of drug-likeness (QED) is 0.292. The molecule has 3 N–H and O–H groups in total. The Hall–Kier alpha value is -4.05. The molecular formula is C30H42O9. The second-order valence-electron chi connectivity index (χ2n) is 7.04. The summed E-state index contributed by atoms with van der Waals surface area (Å²) >= 11 is 0. The fourth-order valence-electron chi connectivity index (χ4n) is 2.59. The molecule has 216 valence electrons. The van der Waals surface area contributed by atoms with Crippen LogP contribution in [-0.2, 0) is 34.0 Å². The normalized spacial score (nSPS) is 9.28. The Kier molecular flexibility index (Phi) is 19.7. The predicted molar refractivity (Wildman–Crippen MR) is 151 cm³/mol. The van der Waals surface area contributed by atoms with E-state index in [1.54, 1.807) is 48.5 Å². The van der Waals surface area contributed by atoms with Gasteiger partial charge in [0, 0.05) is 2.74 Å². The summed E-state index contributed by atoms with van der Waals surface area (Å²) in [5, 5.41) is 26.0. The lowest BCUT2D eigenvalue weighted by atomic mass is 10.1. The van der Waals surface area contributed by atoms with Crippen LogP contribution in [0.3, 0.4) is 0 Å². The van der Waals surface area contributed by atoms with Gasteiger partial charge < -0.3 is 29.5 Å². The van der Waals surface area contributed by atoms with Crippen LogP contribution in [0.2, 0.25) is 0 Å². The van der Waals surface area contributed by atoms with Gasteiger partial charge in [-0.1, -0.05) is 58.6 Å². The summed E-state index contributed by atoms with van der Waals surface area (Å²) < 4.78 is 25.3. The van der Waals surface area contributed by atoms with Crippen molar-refractivity contribution in [3.05, 3.63) is 106 Å². The maximum Gasteiger partial charge on any atom is 0.337 e. The molecule has 39 heavy (non-hydrogen) atoms. The lowest BCUT2D eigenvalue weighted by molar-refractivity contribution is 0.0586. The van der Waals surface area contributed by atoms with Crippen LogP contribution in [0.5, 0.6) is 0 Å². The first kappa shape index (κ1) is 35.0. The molecule has 9 nitrogen and oxygen atoms in total. The van der Waals surface area contributed by atoms with Crippen molar-refractivity contribution in [3.63, 3.8) is 0 Å². The maximum absolute atomic E-state index is 11.0. The van der Waals surface area contributed by atoms with Gasteiger partial charge in [-0.3, -0.25) is 0 Å².